The lowest BCUT2D eigenvalue weighted by atomic mass is 10.1. The van der Waals surface area contributed by atoms with E-state index < -0.39 is 6.04 Å². The molecule has 0 unspecified atom stereocenters. The average molecular weight is 234 g/mol. The zero-order valence-corrected chi connectivity index (χ0v) is 8.10. The molecule has 0 radical (unpaired) electrons. The van der Waals surface area contributed by atoms with Gasteiger partial charge in [-0.1, -0.05) is 15.9 Å². The van der Waals surface area contributed by atoms with Gasteiger partial charge < -0.3 is 5.21 Å². The summed E-state index contributed by atoms with van der Waals surface area (Å²) in [5.41, 5.74) is 2.43. The zero-order valence-electron chi connectivity index (χ0n) is 6.51. The molecule has 4 heteroatoms. The Kier molecular flexibility index (Phi) is 3.20. The Morgan fingerprint density at radius 2 is 2.25 bits per heavy atom. The highest BCUT2D eigenvalue weighted by Crippen LogP contribution is 2.20. The van der Waals surface area contributed by atoms with E-state index in [2.05, 4.69) is 15.9 Å². The Labute approximate surface area is 78.5 Å². The standard InChI is InChI=1S/C8H9BrFNO/c1-5(11-12)7-4-6(9)2-3-8(7)10/h2-5,11-12H,1H3/t5-/m1/s1. The first-order chi connectivity index (χ1) is 5.65. The van der Waals surface area contributed by atoms with Crippen LogP contribution in [0.25, 0.3) is 0 Å². The fourth-order valence-corrected chi connectivity index (χ4v) is 1.29. The first-order valence-electron chi connectivity index (χ1n) is 3.49. The second-order valence-electron chi connectivity index (χ2n) is 2.52. The van der Waals surface area contributed by atoms with Gasteiger partial charge in [0.1, 0.15) is 5.82 Å². The molecule has 1 aromatic rings. The number of hydroxylamine groups is 1. The summed E-state index contributed by atoms with van der Waals surface area (Å²) >= 11 is 3.22. The van der Waals surface area contributed by atoms with Gasteiger partial charge in [-0.3, -0.25) is 0 Å². The molecule has 0 bridgehead atoms. The fourth-order valence-electron chi connectivity index (χ4n) is 0.916. The van der Waals surface area contributed by atoms with Crippen LogP contribution in [-0.2, 0) is 0 Å². The minimum atomic E-state index is -0.400. The van der Waals surface area contributed by atoms with Gasteiger partial charge in [-0.05, 0) is 25.1 Å². The van der Waals surface area contributed by atoms with Crippen LogP contribution in [0.15, 0.2) is 22.7 Å². The lowest BCUT2D eigenvalue weighted by Crippen LogP contribution is -2.14. The maximum absolute atomic E-state index is 13.0. The maximum atomic E-state index is 13.0. The summed E-state index contributed by atoms with van der Waals surface area (Å²) in [6, 6.07) is 4.20. The second kappa shape index (κ2) is 3.98. The third-order valence-corrected chi connectivity index (χ3v) is 2.11. The largest absolute Gasteiger partial charge is 0.316 e. The van der Waals surface area contributed by atoms with E-state index in [-0.39, 0.29) is 5.82 Å². The van der Waals surface area contributed by atoms with Crippen LogP contribution in [0.1, 0.15) is 18.5 Å². The predicted octanol–water partition coefficient (Wildman–Crippen LogP) is 2.63. The number of hydrogen-bond acceptors (Lipinski definition) is 2. The van der Waals surface area contributed by atoms with Crippen LogP contribution >= 0.6 is 15.9 Å². The second-order valence-corrected chi connectivity index (χ2v) is 3.43. The number of benzene rings is 1. The van der Waals surface area contributed by atoms with Crippen molar-refractivity contribution in [2.24, 2.45) is 0 Å². The predicted molar refractivity (Wildman–Crippen MR) is 47.4 cm³/mol. The molecule has 0 spiro atoms. The highest BCUT2D eigenvalue weighted by Gasteiger charge is 2.09. The van der Waals surface area contributed by atoms with E-state index in [1.807, 2.05) is 5.48 Å². The Balaban J connectivity index is 3.04. The molecule has 1 rings (SSSR count). The van der Waals surface area contributed by atoms with Gasteiger partial charge >= 0.3 is 0 Å². The average Bonchev–Trinajstić information content (AvgIpc) is 2.08. The quantitative estimate of drug-likeness (QED) is 0.771. The van der Waals surface area contributed by atoms with E-state index in [1.165, 1.54) is 6.07 Å². The minimum Gasteiger partial charge on any atom is -0.316 e. The Hall–Kier alpha value is -0.450. The topological polar surface area (TPSA) is 32.3 Å². The molecule has 0 aliphatic carbocycles. The molecule has 0 saturated carbocycles. The third kappa shape index (κ3) is 2.03. The van der Waals surface area contributed by atoms with E-state index in [4.69, 9.17) is 5.21 Å². The number of hydrogen-bond donors (Lipinski definition) is 2. The van der Waals surface area contributed by atoms with Crippen molar-refractivity contribution in [1.29, 1.82) is 0 Å². The van der Waals surface area contributed by atoms with E-state index in [9.17, 15) is 4.39 Å². The van der Waals surface area contributed by atoms with Gasteiger partial charge in [-0.2, -0.15) is 5.48 Å². The van der Waals surface area contributed by atoms with Gasteiger partial charge in [0.25, 0.3) is 0 Å². The SMILES string of the molecule is C[C@@H](NO)c1cc(Br)ccc1F. The van der Waals surface area contributed by atoms with Crippen molar-refractivity contribution in [1.82, 2.24) is 5.48 Å². The van der Waals surface area contributed by atoms with Crippen LogP contribution in [0.5, 0.6) is 0 Å². The Bertz CT molecular complexity index is 280. The summed E-state index contributed by atoms with van der Waals surface area (Å²) in [6.45, 7) is 1.67. The summed E-state index contributed by atoms with van der Waals surface area (Å²) in [7, 11) is 0. The number of rotatable bonds is 2. The van der Waals surface area contributed by atoms with Gasteiger partial charge in [0.05, 0.1) is 6.04 Å². The molecule has 2 nitrogen and oxygen atoms in total. The van der Waals surface area contributed by atoms with E-state index in [0.717, 1.165) is 4.47 Å². The van der Waals surface area contributed by atoms with Crippen LogP contribution in [0.4, 0.5) is 4.39 Å². The summed E-state index contributed by atoms with van der Waals surface area (Å²) in [5, 5.41) is 8.57. The van der Waals surface area contributed by atoms with Gasteiger partial charge in [0.2, 0.25) is 0 Å². The number of nitrogens with one attached hydrogen (secondary N) is 1. The molecule has 0 fully saturated rings. The van der Waals surface area contributed by atoms with Gasteiger partial charge in [-0.25, -0.2) is 4.39 Å². The molecule has 2 N–H and O–H groups in total. The van der Waals surface area contributed by atoms with Crippen molar-refractivity contribution in [3.63, 3.8) is 0 Å². The highest BCUT2D eigenvalue weighted by molar-refractivity contribution is 9.10. The zero-order chi connectivity index (χ0) is 9.14. The first kappa shape index (κ1) is 9.64. The van der Waals surface area contributed by atoms with Crippen molar-refractivity contribution < 1.29 is 9.60 Å². The van der Waals surface area contributed by atoms with Crippen molar-refractivity contribution >= 4 is 15.9 Å². The van der Waals surface area contributed by atoms with Crippen LogP contribution in [0, 0.1) is 5.82 Å². The molecule has 0 aliphatic heterocycles. The molecule has 0 aliphatic rings. The monoisotopic (exact) mass is 233 g/mol. The van der Waals surface area contributed by atoms with Gasteiger partial charge in [-0.15, -0.1) is 0 Å². The maximum Gasteiger partial charge on any atom is 0.128 e. The van der Waals surface area contributed by atoms with Crippen molar-refractivity contribution in [3.05, 3.63) is 34.1 Å². The summed E-state index contributed by atoms with van der Waals surface area (Å²) in [6.07, 6.45) is 0. The molecule has 12 heavy (non-hydrogen) atoms. The molecule has 0 saturated heterocycles. The van der Waals surface area contributed by atoms with Crippen LogP contribution in [-0.4, -0.2) is 5.21 Å². The Morgan fingerprint density at radius 3 is 2.83 bits per heavy atom. The fraction of sp³-hybridized carbons (Fsp3) is 0.250. The van der Waals surface area contributed by atoms with Crippen molar-refractivity contribution in [2.75, 3.05) is 0 Å². The lowest BCUT2D eigenvalue weighted by Gasteiger charge is -2.10. The van der Waals surface area contributed by atoms with Crippen molar-refractivity contribution in [3.8, 4) is 0 Å². The van der Waals surface area contributed by atoms with Crippen LogP contribution < -0.4 is 5.48 Å². The molecule has 0 amide bonds. The van der Waals surface area contributed by atoms with Crippen molar-refractivity contribution in [2.45, 2.75) is 13.0 Å². The smallest absolute Gasteiger partial charge is 0.128 e. The first-order valence-corrected chi connectivity index (χ1v) is 4.29. The van der Waals surface area contributed by atoms with Gasteiger partial charge in [0, 0.05) is 10.0 Å². The lowest BCUT2D eigenvalue weighted by molar-refractivity contribution is 0.132. The minimum absolute atomic E-state index is 0.327. The summed E-state index contributed by atoms with van der Waals surface area (Å²) in [4.78, 5) is 0. The normalized spacial score (nSPS) is 13.0. The molecule has 1 aromatic carbocycles. The van der Waals surface area contributed by atoms with Crippen LogP contribution in [0.3, 0.4) is 0 Å². The third-order valence-electron chi connectivity index (χ3n) is 1.62. The number of halogens is 2. The van der Waals surface area contributed by atoms with E-state index in [1.54, 1.807) is 19.1 Å². The molecule has 66 valence electrons. The molecule has 0 heterocycles. The van der Waals surface area contributed by atoms with E-state index in [0.29, 0.717) is 5.56 Å². The van der Waals surface area contributed by atoms with Gasteiger partial charge in [0.15, 0.2) is 0 Å². The van der Waals surface area contributed by atoms with E-state index >= 15 is 0 Å². The molecular formula is C8H9BrFNO. The molecular weight excluding hydrogens is 225 g/mol. The summed E-state index contributed by atoms with van der Waals surface area (Å²) in [5.74, 6) is -0.327. The summed E-state index contributed by atoms with van der Waals surface area (Å²) < 4.78 is 13.8. The molecule has 1 atom stereocenters. The highest BCUT2D eigenvalue weighted by atomic mass is 79.9. The van der Waals surface area contributed by atoms with Crippen LogP contribution in [0.2, 0.25) is 0 Å². The Morgan fingerprint density at radius 1 is 1.58 bits per heavy atom. The molecule has 0 aromatic heterocycles.